The number of hydrogen-bond acceptors (Lipinski definition) is 8. The standard InChI is InChI=1S/C15H11Cl2N7OS2/c1-6(2)24-14(21-22-23-24)27-13-12(11-5-18-15(25)26-11)19-9-3-7(16)8(17)4-10(9)20-13/h3-6H,1-2H3,(H,18,25). The Kier molecular flexibility index (Phi) is 4.89. The Bertz CT molecular complexity index is 1200. The number of thiazole rings is 1. The molecule has 0 saturated heterocycles. The lowest BCUT2D eigenvalue weighted by molar-refractivity contribution is 0.477. The summed E-state index contributed by atoms with van der Waals surface area (Å²) in [5.74, 6) is 0. The van der Waals surface area contributed by atoms with Gasteiger partial charge in [0.05, 0.1) is 32.0 Å². The summed E-state index contributed by atoms with van der Waals surface area (Å²) in [6, 6.07) is 3.39. The van der Waals surface area contributed by atoms with Crippen LogP contribution in [-0.4, -0.2) is 35.2 Å². The molecule has 0 amide bonds. The molecule has 4 rings (SSSR count). The van der Waals surface area contributed by atoms with E-state index in [0.717, 1.165) is 11.3 Å². The smallest absolute Gasteiger partial charge is 0.305 e. The van der Waals surface area contributed by atoms with Gasteiger partial charge >= 0.3 is 4.87 Å². The van der Waals surface area contributed by atoms with E-state index in [1.54, 1.807) is 23.0 Å². The summed E-state index contributed by atoms with van der Waals surface area (Å²) in [7, 11) is 0. The van der Waals surface area contributed by atoms with Gasteiger partial charge in [-0.1, -0.05) is 34.5 Å². The fourth-order valence-corrected chi connectivity index (χ4v) is 4.37. The minimum Gasteiger partial charge on any atom is -0.319 e. The lowest BCUT2D eigenvalue weighted by Crippen LogP contribution is -2.05. The number of aromatic nitrogens is 7. The van der Waals surface area contributed by atoms with E-state index in [0.29, 0.717) is 41.8 Å². The number of H-pyrrole nitrogens is 1. The van der Waals surface area contributed by atoms with Crippen LogP contribution in [0.1, 0.15) is 19.9 Å². The van der Waals surface area contributed by atoms with Crippen LogP contribution >= 0.6 is 46.3 Å². The fraction of sp³-hybridized carbons (Fsp3) is 0.200. The van der Waals surface area contributed by atoms with Gasteiger partial charge in [-0.15, -0.1) is 5.10 Å². The molecule has 12 heteroatoms. The topological polar surface area (TPSA) is 102 Å². The van der Waals surface area contributed by atoms with Crippen molar-refractivity contribution in [2.45, 2.75) is 30.1 Å². The molecule has 27 heavy (non-hydrogen) atoms. The molecule has 0 fully saturated rings. The van der Waals surface area contributed by atoms with Crippen LogP contribution in [0.2, 0.25) is 10.0 Å². The average molecular weight is 440 g/mol. The van der Waals surface area contributed by atoms with Gasteiger partial charge in [-0.3, -0.25) is 4.79 Å². The van der Waals surface area contributed by atoms with Gasteiger partial charge in [0.2, 0.25) is 5.16 Å². The maximum absolute atomic E-state index is 11.6. The van der Waals surface area contributed by atoms with E-state index in [1.165, 1.54) is 11.8 Å². The van der Waals surface area contributed by atoms with Crippen LogP contribution in [0, 0.1) is 0 Å². The van der Waals surface area contributed by atoms with Crippen molar-refractivity contribution < 1.29 is 0 Å². The van der Waals surface area contributed by atoms with E-state index in [4.69, 9.17) is 23.2 Å². The molecule has 0 saturated carbocycles. The molecule has 0 bridgehead atoms. The molecule has 0 unspecified atom stereocenters. The molecular formula is C15H11Cl2N7OS2. The molecule has 138 valence electrons. The highest BCUT2D eigenvalue weighted by molar-refractivity contribution is 7.99. The predicted octanol–water partition coefficient (Wildman–Crippen LogP) is 4.07. The van der Waals surface area contributed by atoms with Crippen molar-refractivity contribution in [1.29, 1.82) is 0 Å². The molecule has 1 N–H and O–H groups in total. The summed E-state index contributed by atoms with van der Waals surface area (Å²) in [6.07, 6.45) is 1.61. The Morgan fingerprint density at radius 1 is 1.19 bits per heavy atom. The first-order chi connectivity index (χ1) is 12.9. The van der Waals surface area contributed by atoms with E-state index in [9.17, 15) is 4.79 Å². The highest BCUT2D eigenvalue weighted by atomic mass is 35.5. The summed E-state index contributed by atoms with van der Waals surface area (Å²) in [5.41, 5.74) is 1.71. The summed E-state index contributed by atoms with van der Waals surface area (Å²) in [6.45, 7) is 3.96. The van der Waals surface area contributed by atoms with Crippen LogP contribution < -0.4 is 4.87 Å². The van der Waals surface area contributed by atoms with Crippen molar-refractivity contribution in [3.05, 3.63) is 38.0 Å². The molecule has 4 aromatic rings. The maximum Gasteiger partial charge on any atom is 0.305 e. The molecular weight excluding hydrogens is 429 g/mol. The van der Waals surface area contributed by atoms with E-state index >= 15 is 0 Å². The lowest BCUT2D eigenvalue weighted by Gasteiger charge is -2.10. The predicted molar refractivity (Wildman–Crippen MR) is 106 cm³/mol. The van der Waals surface area contributed by atoms with Gasteiger partial charge in [0.25, 0.3) is 0 Å². The van der Waals surface area contributed by atoms with Crippen molar-refractivity contribution in [2.24, 2.45) is 0 Å². The van der Waals surface area contributed by atoms with Gasteiger partial charge in [0, 0.05) is 6.20 Å². The average Bonchev–Trinajstić information content (AvgIpc) is 3.25. The minimum atomic E-state index is -0.177. The number of hydrogen-bond donors (Lipinski definition) is 1. The monoisotopic (exact) mass is 439 g/mol. The van der Waals surface area contributed by atoms with Crippen LogP contribution in [0.25, 0.3) is 21.6 Å². The Labute approximate surface area is 170 Å². The zero-order valence-corrected chi connectivity index (χ0v) is 17.1. The van der Waals surface area contributed by atoms with Crippen molar-refractivity contribution in [1.82, 2.24) is 35.2 Å². The van der Waals surface area contributed by atoms with Gasteiger partial charge in [-0.05, 0) is 48.2 Å². The zero-order valence-electron chi connectivity index (χ0n) is 14.0. The van der Waals surface area contributed by atoms with Crippen LogP contribution in [0.5, 0.6) is 0 Å². The number of fused-ring (bicyclic) bond motifs is 1. The third kappa shape index (κ3) is 3.57. The van der Waals surface area contributed by atoms with Crippen molar-refractivity contribution in [3.63, 3.8) is 0 Å². The van der Waals surface area contributed by atoms with Gasteiger partial charge in [-0.25, -0.2) is 14.6 Å². The first-order valence-electron chi connectivity index (χ1n) is 7.74. The zero-order chi connectivity index (χ0) is 19.1. The first kappa shape index (κ1) is 18.4. The summed E-state index contributed by atoms with van der Waals surface area (Å²) in [4.78, 5) is 24.1. The molecule has 3 heterocycles. The molecule has 0 spiro atoms. The fourth-order valence-electron chi connectivity index (χ4n) is 2.33. The molecule has 0 aliphatic carbocycles. The second kappa shape index (κ2) is 7.19. The van der Waals surface area contributed by atoms with E-state index in [-0.39, 0.29) is 10.9 Å². The molecule has 0 aliphatic rings. The number of halogens is 2. The highest BCUT2D eigenvalue weighted by Gasteiger charge is 2.19. The Balaban J connectivity index is 1.92. The quantitative estimate of drug-likeness (QED) is 0.510. The highest BCUT2D eigenvalue weighted by Crippen LogP contribution is 2.36. The largest absolute Gasteiger partial charge is 0.319 e. The third-order valence-electron chi connectivity index (χ3n) is 3.57. The number of tetrazole rings is 1. The summed E-state index contributed by atoms with van der Waals surface area (Å²) >= 11 is 14.6. The van der Waals surface area contributed by atoms with Crippen LogP contribution in [0.15, 0.2) is 33.3 Å². The molecule has 0 aliphatic heterocycles. The molecule has 0 radical (unpaired) electrons. The van der Waals surface area contributed by atoms with Gasteiger partial charge < -0.3 is 4.98 Å². The molecule has 1 aromatic carbocycles. The van der Waals surface area contributed by atoms with Gasteiger partial charge in [0.15, 0.2) is 0 Å². The third-order valence-corrected chi connectivity index (χ3v) is 6.06. The Morgan fingerprint density at radius 3 is 2.52 bits per heavy atom. The van der Waals surface area contributed by atoms with Crippen molar-refractivity contribution in [2.75, 3.05) is 0 Å². The second-order valence-corrected chi connectivity index (χ2v) is 8.56. The number of nitrogens with one attached hydrogen (secondary N) is 1. The number of benzene rings is 1. The van der Waals surface area contributed by atoms with Gasteiger partial charge in [0.1, 0.15) is 10.7 Å². The first-order valence-corrected chi connectivity index (χ1v) is 10.1. The maximum atomic E-state index is 11.6. The SMILES string of the molecule is CC(C)n1nnnc1Sc1nc2cc(Cl)c(Cl)cc2nc1-c1c[nH]c(=O)s1. The van der Waals surface area contributed by atoms with Crippen LogP contribution in [0.4, 0.5) is 0 Å². The van der Waals surface area contributed by atoms with Crippen molar-refractivity contribution in [3.8, 4) is 10.6 Å². The normalized spacial score (nSPS) is 11.6. The Morgan fingerprint density at radius 2 is 1.89 bits per heavy atom. The van der Waals surface area contributed by atoms with Crippen LogP contribution in [-0.2, 0) is 0 Å². The van der Waals surface area contributed by atoms with E-state index in [2.05, 4.69) is 30.5 Å². The van der Waals surface area contributed by atoms with E-state index < -0.39 is 0 Å². The molecule has 8 nitrogen and oxygen atoms in total. The second-order valence-electron chi connectivity index (χ2n) is 5.78. The van der Waals surface area contributed by atoms with Crippen molar-refractivity contribution >= 4 is 57.3 Å². The van der Waals surface area contributed by atoms with E-state index in [1.807, 2.05) is 13.8 Å². The number of nitrogens with zero attached hydrogens (tertiary/aromatic N) is 6. The Hall–Kier alpha value is -2.01. The molecule has 3 aromatic heterocycles. The van der Waals surface area contributed by atoms with Crippen LogP contribution in [0.3, 0.4) is 0 Å². The summed E-state index contributed by atoms with van der Waals surface area (Å²) < 4.78 is 1.69. The molecule has 0 atom stereocenters. The number of aromatic amines is 1. The number of rotatable bonds is 4. The lowest BCUT2D eigenvalue weighted by atomic mass is 10.3. The summed E-state index contributed by atoms with van der Waals surface area (Å²) in [5, 5.41) is 13.7. The minimum absolute atomic E-state index is 0.0796. The van der Waals surface area contributed by atoms with Gasteiger partial charge in [-0.2, -0.15) is 0 Å².